The van der Waals surface area contributed by atoms with Crippen LogP contribution in [0, 0.1) is 0 Å². The van der Waals surface area contributed by atoms with E-state index in [-0.39, 0.29) is 6.04 Å². The summed E-state index contributed by atoms with van der Waals surface area (Å²) in [6, 6.07) is 8.00. The van der Waals surface area contributed by atoms with Crippen molar-refractivity contribution >= 4 is 16.6 Å². The normalized spacial score (nSPS) is 22.9. The summed E-state index contributed by atoms with van der Waals surface area (Å²) in [7, 11) is -1.84. The molecule has 1 aliphatic carbocycles. The third kappa shape index (κ3) is 3.13. The van der Waals surface area contributed by atoms with Crippen molar-refractivity contribution in [2.75, 3.05) is 33.2 Å². The molecule has 0 unspecified atom stereocenters. The van der Waals surface area contributed by atoms with Crippen LogP contribution in [-0.4, -0.2) is 61.6 Å². The minimum absolute atomic E-state index is 0.103. The molecular formula is C16H23N3O3S. The maximum atomic E-state index is 12.9. The van der Waals surface area contributed by atoms with Crippen molar-refractivity contribution in [1.82, 2.24) is 13.5 Å². The predicted molar refractivity (Wildman–Crippen MR) is 88.0 cm³/mol. The van der Waals surface area contributed by atoms with Crippen LogP contribution in [0.5, 0.6) is 0 Å². The number of piperazine rings is 1. The van der Waals surface area contributed by atoms with Gasteiger partial charge in [0.25, 0.3) is 10.2 Å². The Morgan fingerprint density at radius 2 is 1.87 bits per heavy atom. The molecule has 1 saturated heterocycles. The standard InChI is InChI=1S/C16H23N3O3S/c1-17(16-8-4-6-14-5-2-3-7-15(14)16)23(21,22)19-11-9-18(13-20)10-12-19/h2-3,5,7,13,16H,4,6,8-12H2,1H3/t16-/m0/s1. The molecule has 0 spiro atoms. The fourth-order valence-corrected chi connectivity index (χ4v) is 5.02. The van der Waals surface area contributed by atoms with E-state index in [1.54, 1.807) is 11.9 Å². The first-order valence-electron chi connectivity index (χ1n) is 8.04. The number of carbonyl (C=O) groups is 1. The topological polar surface area (TPSA) is 60.9 Å². The van der Waals surface area contributed by atoms with Crippen molar-refractivity contribution in [2.45, 2.75) is 25.3 Å². The largest absolute Gasteiger partial charge is 0.343 e. The molecule has 0 saturated carbocycles. The van der Waals surface area contributed by atoms with Gasteiger partial charge in [-0.3, -0.25) is 4.79 Å². The van der Waals surface area contributed by atoms with Crippen molar-refractivity contribution in [2.24, 2.45) is 0 Å². The second-order valence-electron chi connectivity index (χ2n) is 6.17. The molecule has 126 valence electrons. The third-order valence-electron chi connectivity index (χ3n) is 4.89. The molecule has 1 amide bonds. The molecule has 1 atom stereocenters. The molecule has 0 N–H and O–H groups in total. The zero-order valence-electron chi connectivity index (χ0n) is 13.4. The molecule has 1 fully saturated rings. The van der Waals surface area contributed by atoms with Gasteiger partial charge < -0.3 is 4.90 Å². The van der Waals surface area contributed by atoms with Gasteiger partial charge >= 0.3 is 0 Å². The monoisotopic (exact) mass is 337 g/mol. The number of benzene rings is 1. The summed E-state index contributed by atoms with van der Waals surface area (Å²) < 4.78 is 28.9. The van der Waals surface area contributed by atoms with Gasteiger partial charge in [-0.25, -0.2) is 0 Å². The number of hydrogen-bond donors (Lipinski definition) is 0. The van der Waals surface area contributed by atoms with E-state index in [9.17, 15) is 13.2 Å². The lowest BCUT2D eigenvalue weighted by Gasteiger charge is -2.38. The van der Waals surface area contributed by atoms with Crippen LogP contribution in [0.4, 0.5) is 0 Å². The van der Waals surface area contributed by atoms with Crippen molar-refractivity contribution < 1.29 is 13.2 Å². The third-order valence-corrected chi connectivity index (χ3v) is 6.89. The Kier molecular flexibility index (Phi) is 4.70. The van der Waals surface area contributed by atoms with Crippen molar-refractivity contribution in [3.8, 4) is 0 Å². The van der Waals surface area contributed by atoms with Gasteiger partial charge in [-0.2, -0.15) is 17.0 Å². The van der Waals surface area contributed by atoms with Crippen LogP contribution in [0.15, 0.2) is 24.3 Å². The Morgan fingerprint density at radius 3 is 2.57 bits per heavy atom. The van der Waals surface area contributed by atoms with Crippen LogP contribution in [0.25, 0.3) is 0 Å². The molecule has 7 heteroatoms. The average molecular weight is 337 g/mol. The van der Waals surface area contributed by atoms with E-state index in [2.05, 4.69) is 6.07 Å². The maximum absolute atomic E-state index is 12.9. The highest BCUT2D eigenvalue weighted by Gasteiger charge is 2.36. The van der Waals surface area contributed by atoms with E-state index in [1.807, 2.05) is 18.2 Å². The molecule has 1 heterocycles. The summed E-state index contributed by atoms with van der Waals surface area (Å²) in [5.74, 6) is 0. The first kappa shape index (κ1) is 16.4. The van der Waals surface area contributed by atoms with E-state index >= 15 is 0 Å². The lowest BCUT2D eigenvalue weighted by atomic mass is 9.88. The summed E-state index contributed by atoms with van der Waals surface area (Å²) >= 11 is 0. The quantitative estimate of drug-likeness (QED) is 0.771. The van der Waals surface area contributed by atoms with Crippen molar-refractivity contribution in [3.05, 3.63) is 35.4 Å². The van der Waals surface area contributed by atoms with E-state index in [1.165, 1.54) is 14.2 Å². The fourth-order valence-electron chi connectivity index (χ4n) is 3.49. The zero-order chi connectivity index (χ0) is 16.4. The van der Waals surface area contributed by atoms with Crippen LogP contribution in [0.1, 0.15) is 30.0 Å². The number of aryl methyl sites for hydroxylation is 1. The summed E-state index contributed by atoms with van der Waals surface area (Å²) in [4.78, 5) is 12.4. The number of nitrogens with zero attached hydrogens (tertiary/aromatic N) is 3. The summed E-state index contributed by atoms with van der Waals surface area (Å²) in [6.45, 7) is 1.63. The average Bonchev–Trinajstić information content (AvgIpc) is 2.60. The highest BCUT2D eigenvalue weighted by Crippen LogP contribution is 2.35. The van der Waals surface area contributed by atoms with Crippen LogP contribution in [0.2, 0.25) is 0 Å². The van der Waals surface area contributed by atoms with Crippen LogP contribution >= 0.6 is 0 Å². The molecule has 6 nitrogen and oxygen atoms in total. The molecular weight excluding hydrogens is 314 g/mol. The molecule has 1 aromatic rings. The lowest BCUT2D eigenvalue weighted by molar-refractivity contribution is -0.119. The smallest absolute Gasteiger partial charge is 0.282 e. The number of rotatable bonds is 4. The summed E-state index contributed by atoms with van der Waals surface area (Å²) in [5, 5.41) is 0. The molecule has 1 aliphatic heterocycles. The zero-order valence-corrected chi connectivity index (χ0v) is 14.2. The predicted octanol–water partition coefficient (Wildman–Crippen LogP) is 1.01. The SMILES string of the molecule is CN([C@H]1CCCc2ccccc21)S(=O)(=O)N1CCN(C=O)CC1. The molecule has 2 aliphatic rings. The van der Waals surface area contributed by atoms with Gasteiger partial charge in [0.2, 0.25) is 6.41 Å². The molecule has 1 aromatic carbocycles. The fraction of sp³-hybridized carbons (Fsp3) is 0.562. The van der Waals surface area contributed by atoms with E-state index < -0.39 is 10.2 Å². The molecule has 0 bridgehead atoms. The Hall–Kier alpha value is -1.44. The maximum Gasteiger partial charge on any atom is 0.282 e. The summed E-state index contributed by atoms with van der Waals surface area (Å²) in [6.07, 6.45) is 3.64. The van der Waals surface area contributed by atoms with Gasteiger partial charge in [0.15, 0.2) is 0 Å². The van der Waals surface area contributed by atoms with E-state index in [4.69, 9.17) is 0 Å². The second-order valence-corrected chi connectivity index (χ2v) is 8.16. The van der Waals surface area contributed by atoms with Gasteiger partial charge in [0, 0.05) is 33.2 Å². The van der Waals surface area contributed by atoms with Crippen molar-refractivity contribution in [1.29, 1.82) is 0 Å². The van der Waals surface area contributed by atoms with Crippen molar-refractivity contribution in [3.63, 3.8) is 0 Å². The number of carbonyl (C=O) groups excluding carboxylic acids is 1. The van der Waals surface area contributed by atoms with Crippen LogP contribution in [-0.2, 0) is 21.4 Å². The number of amides is 1. The van der Waals surface area contributed by atoms with Crippen LogP contribution in [0.3, 0.4) is 0 Å². The number of hydrogen-bond acceptors (Lipinski definition) is 3. The van der Waals surface area contributed by atoms with E-state index in [0.29, 0.717) is 26.2 Å². The molecule has 3 rings (SSSR count). The Balaban J connectivity index is 1.80. The first-order valence-corrected chi connectivity index (χ1v) is 9.44. The number of fused-ring (bicyclic) bond motifs is 1. The lowest BCUT2D eigenvalue weighted by Crippen LogP contribution is -2.52. The van der Waals surface area contributed by atoms with E-state index in [0.717, 1.165) is 31.2 Å². The van der Waals surface area contributed by atoms with Gasteiger partial charge in [0.05, 0.1) is 6.04 Å². The highest BCUT2D eigenvalue weighted by atomic mass is 32.2. The first-order chi connectivity index (χ1) is 11.0. The molecule has 23 heavy (non-hydrogen) atoms. The van der Waals surface area contributed by atoms with Gasteiger partial charge in [-0.15, -0.1) is 0 Å². The summed E-state index contributed by atoms with van der Waals surface area (Å²) in [5.41, 5.74) is 2.37. The second kappa shape index (κ2) is 6.59. The minimum Gasteiger partial charge on any atom is -0.343 e. The van der Waals surface area contributed by atoms with Gasteiger partial charge in [-0.1, -0.05) is 24.3 Å². The Bertz CT molecular complexity index is 669. The highest BCUT2D eigenvalue weighted by molar-refractivity contribution is 7.86. The van der Waals surface area contributed by atoms with Gasteiger partial charge in [0.1, 0.15) is 0 Å². The molecule has 0 aromatic heterocycles. The van der Waals surface area contributed by atoms with Crippen LogP contribution < -0.4 is 0 Å². The van der Waals surface area contributed by atoms with Gasteiger partial charge in [-0.05, 0) is 30.4 Å². The Labute approximate surface area is 137 Å². The Morgan fingerprint density at radius 1 is 1.17 bits per heavy atom. The minimum atomic E-state index is -3.51. The molecule has 0 radical (unpaired) electrons.